The van der Waals surface area contributed by atoms with Gasteiger partial charge in [-0.05, 0) is 13.8 Å². The van der Waals surface area contributed by atoms with E-state index in [1.165, 1.54) is 5.57 Å². The summed E-state index contributed by atoms with van der Waals surface area (Å²) in [5.74, 6) is 0. The van der Waals surface area contributed by atoms with Crippen LogP contribution in [0.5, 0.6) is 0 Å². The van der Waals surface area contributed by atoms with Crippen molar-refractivity contribution in [3.8, 4) is 0 Å². The molecule has 0 amide bonds. The van der Waals surface area contributed by atoms with E-state index in [4.69, 9.17) is 0 Å². The summed E-state index contributed by atoms with van der Waals surface area (Å²) in [5.41, 5.74) is 1.23. The first kappa shape index (κ1) is 32.5. The van der Waals surface area contributed by atoms with Gasteiger partial charge in [0.05, 0.1) is 0 Å². The number of allylic oxidation sites excluding steroid dienone is 7. The SMILES string of the molecule is C=CC(C)=CC.C[N-]C.C[N-]C.C[N-]C.[C-]1=CC=CC1.[Ti+4]. The van der Waals surface area contributed by atoms with Gasteiger partial charge in [-0.15, -0.1) is 6.42 Å². The van der Waals surface area contributed by atoms with Crippen LogP contribution in [0, 0.1) is 6.08 Å². The second-order valence-corrected chi connectivity index (χ2v) is 3.58. The molecule has 0 aromatic carbocycles. The van der Waals surface area contributed by atoms with Crippen molar-refractivity contribution in [2.75, 3.05) is 42.3 Å². The Hall–Kier alpha value is -0.446. The first-order valence-electron chi connectivity index (χ1n) is 6.46. The van der Waals surface area contributed by atoms with Gasteiger partial charge in [-0.1, -0.05) is 24.3 Å². The van der Waals surface area contributed by atoms with Gasteiger partial charge in [0.25, 0.3) is 0 Å². The van der Waals surface area contributed by atoms with Gasteiger partial charge in [0.2, 0.25) is 0 Å². The molecule has 0 saturated carbocycles. The van der Waals surface area contributed by atoms with E-state index < -0.39 is 0 Å². The Balaban J connectivity index is -0.0000000522. The average Bonchev–Trinajstić information content (AvgIpc) is 3.00. The fourth-order valence-electron chi connectivity index (χ4n) is 0.458. The van der Waals surface area contributed by atoms with Crippen molar-refractivity contribution in [1.82, 2.24) is 0 Å². The maximum atomic E-state index is 3.56. The Morgan fingerprint density at radius 1 is 1.05 bits per heavy atom. The Labute approximate surface area is 148 Å². The van der Waals surface area contributed by atoms with Crippen LogP contribution in [0.15, 0.2) is 42.5 Å². The van der Waals surface area contributed by atoms with Crippen LogP contribution in [0.3, 0.4) is 0 Å². The molecule has 1 aliphatic carbocycles. The van der Waals surface area contributed by atoms with E-state index in [-0.39, 0.29) is 21.7 Å². The van der Waals surface area contributed by atoms with Gasteiger partial charge >= 0.3 is 21.7 Å². The maximum absolute atomic E-state index is 3.56. The summed E-state index contributed by atoms with van der Waals surface area (Å²) in [4.78, 5) is 0. The first-order chi connectivity index (χ1) is 9.55. The monoisotopic (exact) mass is 327 g/mol. The molecule has 0 bridgehead atoms. The molecular formula is C17H33N3Ti. The van der Waals surface area contributed by atoms with Crippen LogP contribution in [0.25, 0.3) is 16.0 Å². The van der Waals surface area contributed by atoms with Crippen molar-refractivity contribution in [3.63, 3.8) is 0 Å². The molecule has 0 aromatic rings. The van der Waals surface area contributed by atoms with Gasteiger partial charge in [0.15, 0.2) is 0 Å². The number of nitrogens with zero attached hydrogens (tertiary/aromatic N) is 3. The molecule has 0 aromatic heterocycles. The molecule has 0 spiro atoms. The molecule has 0 unspecified atom stereocenters. The fraction of sp³-hybridized carbons (Fsp3) is 0.529. The van der Waals surface area contributed by atoms with Gasteiger partial charge in [0.1, 0.15) is 0 Å². The van der Waals surface area contributed by atoms with Crippen molar-refractivity contribution in [1.29, 1.82) is 0 Å². The van der Waals surface area contributed by atoms with E-state index in [0.29, 0.717) is 0 Å². The van der Waals surface area contributed by atoms with Crippen LogP contribution in [0.1, 0.15) is 20.3 Å². The Kier molecular flexibility index (Phi) is 66.1. The first-order valence-corrected chi connectivity index (χ1v) is 6.46. The van der Waals surface area contributed by atoms with Crippen LogP contribution < -0.4 is 0 Å². The molecule has 0 aliphatic heterocycles. The van der Waals surface area contributed by atoms with Gasteiger partial charge < -0.3 is 16.0 Å². The predicted molar refractivity (Wildman–Crippen MR) is 96.8 cm³/mol. The zero-order valence-electron chi connectivity index (χ0n) is 15.1. The molecule has 0 fully saturated rings. The predicted octanol–water partition coefficient (Wildman–Crippen LogP) is 5.30. The molecule has 0 atom stereocenters. The molecule has 0 radical (unpaired) electrons. The third-order valence-electron chi connectivity index (χ3n) is 1.36. The van der Waals surface area contributed by atoms with Gasteiger partial charge in [-0.2, -0.15) is 48.4 Å². The van der Waals surface area contributed by atoms with E-state index >= 15 is 0 Å². The molecule has 0 heterocycles. The minimum atomic E-state index is 0. The molecule has 1 aliphatic rings. The van der Waals surface area contributed by atoms with Crippen LogP contribution in [0.2, 0.25) is 0 Å². The standard InChI is InChI=1S/C6H10.C5H5.3C2H6N.Ti/c1-4-6(3)5-2;1-2-4-5-3-1;3*1-3-2;/h4-5H,1H2,2-3H3;1-3H,4H2;3*1-2H3;/q;4*-1;+4. The van der Waals surface area contributed by atoms with Crippen molar-refractivity contribution in [3.05, 3.63) is 64.6 Å². The minimum absolute atomic E-state index is 0. The molecule has 3 nitrogen and oxygen atoms in total. The third kappa shape index (κ3) is 82.3. The van der Waals surface area contributed by atoms with E-state index in [2.05, 4.69) is 34.7 Å². The van der Waals surface area contributed by atoms with Crippen molar-refractivity contribution in [2.24, 2.45) is 0 Å². The Morgan fingerprint density at radius 3 is 1.48 bits per heavy atom. The van der Waals surface area contributed by atoms with E-state index in [1.807, 2.05) is 38.2 Å². The zero-order valence-corrected chi connectivity index (χ0v) is 16.7. The van der Waals surface area contributed by atoms with Crippen molar-refractivity contribution >= 4 is 0 Å². The van der Waals surface area contributed by atoms with Crippen LogP contribution in [0.4, 0.5) is 0 Å². The zero-order chi connectivity index (χ0) is 16.6. The fourth-order valence-corrected chi connectivity index (χ4v) is 0.458. The quantitative estimate of drug-likeness (QED) is 0.356. The number of hydrogen-bond acceptors (Lipinski definition) is 0. The van der Waals surface area contributed by atoms with E-state index in [9.17, 15) is 0 Å². The summed E-state index contributed by atoms with van der Waals surface area (Å²) < 4.78 is 0. The van der Waals surface area contributed by atoms with Crippen molar-refractivity contribution < 1.29 is 21.7 Å². The third-order valence-corrected chi connectivity index (χ3v) is 1.36. The molecular weight excluding hydrogens is 294 g/mol. The summed E-state index contributed by atoms with van der Waals surface area (Å²) in [5, 5.41) is 10.5. The average molecular weight is 327 g/mol. The van der Waals surface area contributed by atoms with Crippen LogP contribution in [-0.2, 0) is 21.7 Å². The normalized spacial score (nSPS) is 10.0. The summed E-state index contributed by atoms with van der Waals surface area (Å²) in [6, 6.07) is 0. The van der Waals surface area contributed by atoms with E-state index in [0.717, 1.165) is 6.42 Å². The topological polar surface area (TPSA) is 42.3 Å². The number of hydrogen-bond donors (Lipinski definition) is 0. The van der Waals surface area contributed by atoms with Crippen LogP contribution in [-0.4, -0.2) is 42.3 Å². The smallest absolute Gasteiger partial charge is 0.668 e. The number of rotatable bonds is 1. The molecule has 21 heavy (non-hydrogen) atoms. The summed E-state index contributed by atoms with van der Waals surface area (Å²) in [6.07, 6.45) is 13.9. The van der Waals surface area contributed by atoms with E-state index in [1.54, 1.807) is 42.3 Å². The van der Waals surface area contributed by atoms with Gasteiger partial charge in [-0.25, -0.2) is 12.2 Å². The van der Waals surface area contributed by atoms with Gasteiger partial charge in [-0.3, -0.25) is 6.08 Å². The molecule has 1 rings (SSSR count). The van der Waals surface area contributed by atoms with Gasteiger partial charge in [0, 0.05) is 0 Å². The summed E-state index contributed by atoms with van der Waals surface area (Å²) in [7, 11) is 10.5. The Bertz CT molecular complexity index is 219. The Morgan fingerprint density at radius 2 is 1.43 bits per heavy atom. The summed E-state index contributed by atoms with van der Waals surface area (Å²) in [6.45, 7) is 7.58. The molecule has 0 N–H and O–H groups in total. The largest absolute Gasteiger partial charge is 4.00 e. The minimum Gasteiger partial charge on any atom is -0.668 e. The molecule has 0 saturated heterocycles. The molecule has 4 heteroatoms. The maximum Gasteiger partial charge on any atom is 4.00 e. The second kappa shape index (κ2) is 42.7. The van der Waals surface area contributed by atoms with Crippen LogP contribution >= 0.6 is 0 Å². The summed E-state index contributed by atoms with van der Waals surface area (Å²) >= 11 is 0. The molecule has 120 valence electrons. The second-order valence-electron chi connectivity index (χ2n) is 3.58. The van der Waals surface area contributed by atoms with Crippen molar-refractivity contribution in [2.45, 2.75) is 20.3 Å².